The number of benzene rings is 1. The van der Waals surface area contributed by atoms with Crippen molar-refractivity contribution in [3.05, 3.63) is 53.9 Å². The fourth-order valence-electron chi connectivity index (χ4n) is 3.13. The molecule has 2 N–H and O–H groups in total. The second kappa shape index (κ2) is 14.0. The van der Waals surface area contributed by atoms with E-state index in [-0.39, 0.29) is 47.9 Å². The molecule has 2 rings (SSSR count). The van der Waals surface area contributed by atoms with Gasteiger partial charge in [-0.1, -0.05) is 32.0 Å². The zero-order valence-electron chi connectivity index (χ0n) is 18.3. The Labute approximate surface area is 199 Å². The van der Waals surface area contributed by atoms with Crippen molar-refractivity contribution in [2.24, 2.45) is 10.9 Å². The third-order valence-corrected chi connectivity index (χ3v) is 4.64. The molecule has 1 aromatic heterocycles. The van der Waals surface area contributed by atoms with Gasteiger partial charge in [0, 0.05) is 44.0 Å². The lowest BCUT2D eigenvalue weighted by atomic mass is 9.89. The number of aromatic nitrogens is 1. The normalized spacial score (nSPS) is 12.3. The molecule has 9 heteroatoms. The maximum Gasteiger partial charge on any atom is 0.387 e. The van der Waals surface area contributed by atoms with E-state index >= 15 is 0 Å². The molecule has 0 bridgehead atoms. The minimum atomic E-state index is -2.94. The van der Waals surface area contributed by atoms with Crippen LogP contribution in [0.1, 0.15) is 37.8 Å². The Hall–Kier alpha value is -2.17. The Bertz CT molecular complexity index is 807. The summed E-state index contributed by atoms with van der Waals surface area (Å²) in [6.07, 6.45) is 3.62. The van der Waals surface area contributed by atoms with E-state index in [1.807, 2.05) is 12.3 Å². The van der Waals surface area contributed by atoms with Gasteiger partial charge in [0.25, 0.3) is 0 Å². The van der Waals surface area contributed by atoms with Crippen molar-refractivity contribution < 1.29 is 18.3 Å². The van der Waals surface area contributed by atoms with Crippen LogP contribution in [0.5, 0.6) is 11.5 Å². The van der Waals surface area contributed by atoms with Crippen LogP contribution in [-0.4, -0.2) is 37.8 Å². The van der Waals surface area contributed by atoms with Crippen LogP contribution in [0.2, 0.25) is 0 Å². The first-order chi connectivity index (χ1) is 14.5. The Morgan fingerprint density at radius 2 is 1.94 bits per heavy atom. The minimum absolute atomic E-state index is 0. The maximum atomic E-state index is 12.9. The Morgan fingerprint density at radius 1 is 1.16 bits per heavy atom. The molecule has 0 amide bonds. The highest BCUT2D eigenvalue weighted by Gasteiger charge is 2.18. The quantitative estimate of drug-likeness (QED) is 0.254. The van der Waals surface area contributed by atoms with Crippen LogP contribution < -0.4 is 20.1 Å². The summed E-state index contributed by atoms with van der Waals surface area (Å²) in [6, 6.07) is 9.05. The van der Waals surface area contributed by atoms with Crippen LogP contribution in [0.25, 0.3) is 0 Å². The van der Waals surface area contributed by atoms with Crippen molar-refractivity contribution in [3.8, 4) is 11.5 Å². The monoisotopic (exact) mass is 548 g/mol. The summed E-state index contributed by atoms with van der Waals surface area (Å²) in [5.74, 6) is 1.53. The highest BCUT2D eigenvalue weighted by molar-refractivity contribution is 14.0. The van der Waals surface area contributed by atoms with Gasteiger partial charge >= 0.3 is 6.61 Å². The highest BCUT2D eigenvalue weighted by atomic mass is 127. The molecule has 1 unspecified atom stereocenters. The van der Waals surface area contributed by atoms with E-state index in [0.717, 1.165) is 5.56 Å². The van der Waals surface area contributed by atoms with E-state index < -0.39 is 6.61 Å². The van der Waals surface area contributed by atoms with Crippen LogP contribution in [-0.2, 0) is 6.54 Å². The molecule has 0 saturated heterocycles. The number of pyridine rings is 1. The average Bonchev–Trinajstić information content (AvgIpc) is 2.72. The van der Waals surface area contributed by atoms with Gasteiger partial charge < -0.3 is 20.1 Å². The first-order valence-electron chi connectivity index (χ1n) is 10.00. The topological polar surface area (TPSA) is 67.8 Å². The molecule has 2 aromatic rings. The molecule has 0 aliphatic carbocycles. The predicted octanol–water partition coefficient (Wildman–Crippen LogP) is 4.80. The van der Waals surface area contributed by atoms with Crippen LogP contribution in [0.4, 0.5) is 8.78 Å². The van der Waals surface area contributed by atoms with E-state index in [1.54, 1.807) is 38.4 Å². The lowest BCUT2D eigenvalue weighted by Crippen LogP contribution is -2.39. The molecule has 6 nitrogen and oxygen atoms in total. The number of halogens is 3. The largest absolute Gasteiger partial charge is 0.490 e. The van der Waals surface area contributed by atoms with Crippen LogP contribution in [0, 0.1) is 5.92 Å². The zero-order valence-corrected chi connectivity index (χ0v) is 20.6. The summed E-state index contributed by atoms with van der Waals surface area (Å²) in [7, 11) is 1.66. The highest BCUT2D eigenvalue weighted by Crippen LogP contribution is 2.32. The van der Waals surface area contributed by atoms with Gasteiger partial charge in [0.05, 0.1) is 6.61 Å². The van der Waals surface area contributed by atoms with Gasteiger partial charge in [-0.15, -0.1) is 24.0 Å². The number of alkyl halides is 2. The number of nitrogens with zero attached hydrogens (tertiary/aromatic N) is 2. The molecule has 0 aliphatic rings. The van der Waals surface area contributed by atoms with Crippen LogP contribution in [0.3, 0.4) is 0 Å². The summed E-state index contributed by atoms with van der Waals surface area (Å²) in [5.41, 5.74) is 1.70. The van der Waals surface area contributed by atoms with Gasteiger partial charge in [0.2, 0.25) is 0 Å². The number of hydrogen-bond donors (Lipinski definition) is 2. The summed E-state index contributed by atoms with van der Waals surface area (Å²) in [4.78, 5) is 8.44. The van der Waals surface area contributed by atoms with Crippen LogP contribution >= 0.6 is 24.0 Å². The summed E-state index contributed by atoms with van der Waals surface area (Å²) >= 11 is 0. The van der Waals surface area contributed by atoms with E-state index in [4.69, 9.17) is 9.47 Å². The van der Waals surface area contributed by atoms with E-state index in [9.17, 15) is 8.78 Å². The number of para-hydroxylation sites is 1. The summed E-state index contributed by atoms with van der Waals surface area (Å²) < 4.78 is 35.9. The number of guanidine groups is 1. The van der Waals surface area contributed by atoms with Gasteiger partial charge in [-0.05, 0) is 30.5 Å². The number of rotatable bonds is 10. The number of aliphatic imine (C=N–C) groups is 1. The van der Waals surface area contributed by atoms with Gasteiger partial charge in [0.1, 0.15) is 0 Å². The van der Waals surface area contributed by atoms with Crippen molar-refractivity contribution in [1.82, 2.24) is 15.6 Å². The SMILES string of the molecule is CCOc1cccc(CNC(=NC)NCC(c2cccnc2)C(C)C)c1OC(F)F.I. The molecule has 0 aliphatic heterocycles. The summed E-state index contributed by atoms with van der Waals surface area (Å²) in [6.45, 7) is 4.42. The molecular formula is C22H31F2IN4O2. The van der Waals surface area contributed by atoms with Gasteiger partial charge in [-0.2, -0.15) is 8.78 Å². The van der Waals surface area contributed by atoms with Gasteiger partial charge in [-0.25, -0.2) is 0 Å². The Kier molecular flexibility index (Phi) is 12.1. The third-order valence-electron chi connectivity index (χ3n) is 4.64. The van der Waals surface area contributed by atoms with Crippen LogP contribution in [0.15, 0.2) is 47.7 Å². The van der Waals surface area contributed by atoms with Crippen molar-refractivity contribution in [1.29, 1.82) is 0 Å². The first kappa shape index (κ1) is 26.9. The fraction of sp³-hybridized carbons (Fsp3) is 0.455. The fourth-order valence-corrected chi connectivity index (χ4v) is 3.13. The van der Waals surface area contributed by atoms with E-state index in [1.165, 1.54) is 0 Å². The smallest absolute Gasteiger partial charge is 0.387 e. The van der Waals surface area contributed by atoms with Gasteiger partial charge in [0.15, 0.2) is 17.5 Å². The second-order valence-corrected chi connectivity index (χ2v) is 7.00. The number of hydrogen-bond acceptors (Lipinski definition) is 4. The first-order valence-corrected chi connectivity index (χ1v) is 10.00. The number of ether oxygens (including phenoxy) is 2. The molecule has 1 atom stereocenters. The van der Waals surface area contributed by atoms with E-state index in [0.29, 0.717) is 30.6 Å². The molecule has 0 spiro atoms. The Balaban J connectivity index is 0.00000480. The minimum Gasteiger partial charge on any atom is -0.490 e. The lowest BCUT2D eigenvalue weighted by Gasteiger charge is -2.23. The molecule has 0 fully saturated rings. The van der Waals surface area contributed by atoms with Crippen molar-refractivity contribution in [3.63, 3.8) is 0 Å². The number of nitrogens with one attached hydrogen (secondary N) is 2. The molecule has 1 heterocycles. The summed E-state index contributed by atoms with van der Waals surface area (Å²) in [5, 5.41) is 6.47. The third kappa shape index (κ3) is 8.47. The van der Waals surface area contributed by atoms with Crippen molar-refractivity contribution in [2.75, 3.05) is 20.2 Å². The molecule has 172 valence electrons. The van der Waals surface area contributed by atoms with E-state index in [2.05, 4.69) is 40.5 Å². The maximum absolute atomic E-state index is 12.9. The zero-order chi connectivity index (χ0) is 21.9. The molecule has 31 heavy (non-hydrogen) atoms. The second-order valence-electron chi connectivity index (χ2n) is 7.00. The standard InChI is InChI=1S/C22H30F2N4O2.HI/c1-5-29-19-10-6-8-17(20(19)30-21(23)24)13-27-22(25-4)28-14-18(15(2)3)16-9-7-11-26-12-16;/h6-12,15,18,21H,5,13-14H2,1-4H3,(H2,25,27,28);1H. The lowest BCUT2D eigenvalue weighted by molar-refractivity contribution is -0.0520. The molecule has 1 aromatic carbocycles. The average molecular weight is 548 g/mol. The predicted molar refractivity (Wildman–Crippen MR) is 130 cm³/mol. The Morgan fingerprint density at radius 3 is 2.52 bits per heavy atom. The molecule has 0 saturated carbocycles. The molecular weight excluding hydrogens is 517 g/mol. The van der Waals surface area contributed by atoms with Gasteiger partial charge in [-0.3, -0.25) is 9.98 Å². The van der Waals surface area contributed by atoms with Crippen molar-refractivity contribution >= 4 is 29.9 Å². The van der Waals surface area contributed by atoms with Crippen molar-refractivity contribution in [2.45, 2.75) is 39.8 Å². The molecule has 0 radical (unpaired) electrons.